The zero-order valence-electron chi connectivity index (χ0n) is 36.4. The maximum Gasteiger partial charge on any atom is 0.410 e. The summed E-state index contributed by atoms with van der Waals surface area (Å²) < 4.78 is 5.82. The smallest absolute Gasteiger partial charge is 0.410 e. The summed E-state index contributed by atoms with van der Waals surface area (Å²) in [6.45, 7) is 12.5. The molecule has 2 aliphatic heterocycles. The number of anilines is 1. The standard InChI is InChI=1S/C46H59N7O5.CH2O2/c1-30(2)41-31(3)17-18-32-19-22-35-23-24-40(47-39(35)28-32)51(7)50-42(54)37-16-12-26-53(49-37)44(56)38(48-43(41)55)15-10-11-25-52(45(57)58-46(4,5)6)29-33-20-21-34-13-8-9-14-36(34)27-33;2-1-3/h8-9,13-14,17-24,27-28,30-31,37-38,41,49H,10-12,15-16,25-26,29H2,1-7H3,(H,48,55)(H,50,54);1H,(H,2,3)/b18-17+;. The number of carbonyl (C=O) groups excluding carboxylic acids is 4. The van der Waals surface area contributed by atoms with E-state index in [-0.39, 0.29) is 36.0 Å². The molecule has 0 spiro atoms. The van der Waals surface area contributed by atoms with Crippen LogP contribution in [0.2, 0.25) is 0 Å². The van der Waals surface area contributed by atoms with Crippen LogP contribution in [-0.2, 0) is 30.5 Å². The minimum Gasteiger partial charge on any atom is -0.483 e. The van der Waals surface area contributed by atoms with E-state index in [0.29, 0.717) is 57.6 Å². The van der Waals surface area contributed by atoms with Crippen LogP contribution in [0.5, 0.6) is 0 Å². The Morgan fingerprint density at radius 2 is 1.69 bits per heavy atom. The number of ether oxygens (including phenoxy) is 1. The van der Waals surface area contributed by atoms with Crippen LogP contribution in [0.4, 0.5) is 10.6 Å². The average molecular weight is 836 g/mol. The first-order valence-electron chi connectivity index (χ1n) is 21.1. The van der Waals surface area contributed by atoms with E-state index in [0.717, 1.165) is 32.8 Å². The Morgan fingerprint density at radius 1 is 0.984 bits per heavy atom. The van der Waals surface area contributed by atoms with Crippen molar-refractivity contribution in [2.24, 2.45) is 17.8 Å². The van der Waals surface area contributed by atoms with Gasteiger partial charge in [-0.05, 0) is 111 Å². The molecule has 326 valence electrons. The van der Waals surface area contributed by atoms with Gasteiger partial charge in [0, 0.05) is 38.0 Å². The number of nitrogens with zero attached hydrogens (tertiary/aromatic N) is 4. The van der Waals surface area contributed by atoms with E-state index < -0.39 is 29.7 Å². The highest BCUT2D eigenvalue weighted by Gasteiger charge is 2.35. The van der Waals surface area contributed by atoms with Gasteiger partial charge in [0.15, 0.2) is 0 Å². The summed E-state index contributed by atoms with van der Waals surface area (Å²) in [6.07, 6.45) is 6.25. The molecule has 2 aliphatic rings. The fourth-order valence-electron chi connectivity index (χ4n) is 7.86. The maximum atomic E-state index is 14.4. The highest BCUT2D eigenvalue weighted by molar-refractivity contribution is 5.90. The monoisotopic (exact) mass is 835 g/mol. The second kappa shape index (κ2) is 21.0. The van der Waals surface area contributed by atoms with E-state index in [1.54, 1.807) is 17.0 Å². The number of aromatic nitrogens is 1. The van der Waals surface area contributed by atoms with Crippen LogP contribution in [0.1, 0.15) is 84.8 Å². The lowest BCUT2D eigenvalue weighted by atomic mass is 9.83. The average Bonchev–Trinajstić information content (AvgIpc) is 3.22. The molecule has 3 heterocycles. The normalized spacial score (nSPS) is 20.6. The molecule has 14 heteroatoms. The summed E-state index contributed by atoms with van der Waals surface area (Å²) in [4.78, 5) is 70.6. The number of allylic oxidation sites excluding steroid dienone is 1. The van der Waals surface area contributed by atoms with Crippen LogP contribution in [-0.4, -0.2) is 88.1 Å². The summed E-state index contributed by atoms with van der Waals surface area (Å²) in [5.74, 6) is -0.784. The number of rotatable bonds is 8. The van der Waals surface area contributed by atoms with Gasteiger partial charge in [0.2, 0.25) is 5.91 Å². The highest BCUT2D eigenvalue weighted by atomic mass is 16.6. The number of hydrogen-bond donors (Lipinski definition) is 4. The van der Waals surface area contributed by atoms with Gasteiger partial charge in [-0.25, -0.2) is 15.2 Å². The number of hydrogen-bond acceptors (Lipinski definition) is 9. The van der Waals surface area contributed by atoms with Gasteiger partial charge >= 0.3 is 6.09 Å². The predicted molar refractivity (Wildman–Crippen MR) is 238 cm³/mol. The summed E-state index contributed by atoms with van der Waals surface area (Å²) in [7, 11) is 1.75. The molecule has 61 heavy (non-hydrogen) atoms. The van der Waals surface area contributed by atoms with E-state index >= 15 is 0 Å². The Labute approximate surface area is 358 Å². The van der Waals surface area contributed by atoms with Crippen molar-refractivity contribution < 1.29 is 33.8 Å². The maximum absolute atomic E-state index is 14.4. The van der Waals surface area contributed by atoms with E-state index in [2.05, 4.69) is 40.4 Å². The lowest BCUT2D eigenvalue weighted by molar-refractivity contribution is -0.144. The number of benzene rings is 3. The molecule has 4 amide bonds. The molecule has 0 aliphatic carbocycles. The van der Waals surface area contributed by atoms with E-state index in [4.69, 9.17) is 19.6 Å². The number of pyridine rings is 1. The summed E-state index contributed by atoms with van der Waals surface area (Å²) >= 11 is 0. The van der Waals surface area contributed by atoms with Gasteiger partial charge in [0.25, 0.3) is 18.3 Å². The lowest BCUT2D eigenvalue weighted by Gasteiger charge is -2.36. The van der Waals surface area contributed by atoms with E-state index in [1.807, 2.05) is 102 Å². The SMILES string of the molecule is CC(C)C1C(=O)NC(CCCCN(Cc2ccc3ccccc3c2)C(=O)OC(C)(C)C)C(=O)N2CCCC(N2)C(=O)NN(C)c2ccc3ccc(cc3n2)/C=C/C1C.O=CO. The fourth-order valence-corrected chi connectivity index (χ4v) is 7.86. The fraction of sp³-hybridized carbons (Fsp3) is 0.447. The number of unbranched alkanes of at least 4 members (excludes halogenated alkanes) is 1. The van der Waals surface area contributed by atoms with Crippen LogP contribution in [0.15, 0.2) is 78.9 Å². The molecule has 5 bridgehead atoms. The minimum absolute atomic E-state index is 0.0143. The minimum atomic E-state index is -0.854. The molecule has 4 unspecified atom stereocenters. The molecule has 1 saturated heterocycles. The second-order valence-electron chi connectivity index (χ2n) is 17.2. The van der Waals surface area contributed by atoms with Crippen molar-refractivity contribution >= 4 is 63.9 Å². The number of carbonyl (C=O) groups is 5. The van der Waals surface area contributed by atoms with Gasteiger partial charge in [-0.2, -0.15) is 0 Å². The van der Waals surface area contributed by atoms with Crippen molar-refractivity contribution in [2.45, 2.75) is 97.9 Å². The Kier molecular flexibility index (Phi) is 15.8. The van der Waals surface area contributed by atoms with Gasteiger partial charge in [0.05, 0.1) is 5.52 Å². The molecule has 3 aromatic carbocycles. The largest absolute Gasteiger partial charge is 0.483 e. The third kappa shape index (κ3) is 12.7. The summed E-state index contributed by atoms with van der Waals surface area (Å²) in [5.41, 5.74) is 8.14. The molecule has 6 rings (SSSR count). The van der Waals surface area contributed by atoms with E-state index in [9.17, 15) is 19.2 Å². The number of amides is 4. The molecule has 0 saturated carbocycles. The summed E-state index contributed by atoms with van der Waals surface area (Å²) in [5, 5.41) is 16.3. The Hall–Kier alpha value is -6.02. The lowest BCUT2D eigenvalue weighted by Crippen LogP contribution is -2.62. The third-order valence-corrected chi connectivity index (χ3v) is 10.9. The van der Waals surface area contributed by atoms with Crippen molar-refractivity contribution in [3.63, 3.8) is 0 Å². The molecule has 0 radical (unpaired) electrons. The molecule has 14 nitrogen and oxygen atoms in total. The molecular weight excluding hydrogens is 775 g/mol. The van der Waals surface area contributed by atoms with Crippen molar-refractivity contribution in [1.29, 1.82) is 0 Å². The van der Waals surface area contributed by atoms with Crippen LogP contribution >= 0.6 is 0 Å². The first-order valence-corrected chi connectivity index (χ1v) is 21.1. The topological polar surface area (TPSA) is 174 Å². The number of nitrogens with one attached hydrogen (secondary N) is 3. The zero-order valence-corrected chi connectivity index (χ0v) is 36.4. The molecule has 4 N–H and O–H groups in total. The van der Waals surface area contributed by atoms with Crippen molar-refractivity contribution in [3.8, 4) is 0 Å². The zero-order chi connectivity index (χ0) is 44.3. The van der Waals surface area contributed by atoms with Gasteiger partial charge in [0.1, 0.15) is 23.5 Å². The highest BCUT2D eigenvalue weighted by Crippen LogP contribution is 2.26. The van der Waals surface area contributed by atoms with Crippen molar-refractivity contribution in [1.82, 2.24) is 31.1 Å². The van der Waals surface area contributed by atoms with Gasteiger partial charge in [-0.1, -0.05) is 81.5 Å². The molecule has 1 aromatic heterocycles. The van der Waals surface area contributed by atoms with Crippen LogP contribution in [0.25, 0.3) is 27.8 Å². The van der Waals surface area contributed by atoms with Gasteiger partial charge < -0.3 is 20.1 Å². The molecule has 4 aromatic rings. The Balaban J connectivity index is 0.00000228. The molecule has 1 fully saturated rings. The van der Waals surface area contributed by atoms with Crippen LogP contribution < -0.4 is 21.2 Å². The Morgan fingerprint density at radius 3 is 2.41 bits per heavy atom. The first-order chi connectivity index (χ1) is 29.1. The quantitative estimate of drug-likeness (QED) is 0.106. The second-order valence-corrected chi connectivity index (χ2v) is 17.2. The van der Waals surface area contributed by atoms with Gasteiger partial charge in [-0.15, -0.1) is 0 Å². The van der Waals surface area contributed by atoms with Gasteiger partial charge in [-0.3, -0.25) is 34.6 Å². The molecule has 4 atom stereocenters. The number of fused-ring (bicyclic) bond motifs is 5. The third-order valence-electron chi connectivity index (χ3n) is 10.9. The molecular formula is C47H61N7O7. The first kappa shape index (κ1) is 46.1. The predicted octanol–water partition coefficient (Wildman–Crippen LogP) is 7.08. The van der Waals surface area contributed by atoms with Crippen molar-refractivity contribution in [3.05, 3.63) is 90.0 Å². The Bertz CT molecular complexity index is 2200. The number of carboxylic acid groups (broad SMARTS) is 1. The summed E-state index contributed by atoms with van der Waals surface area (Å²) in [6, 6.07) is 22.6. The number of hydrazine groups is 2. The van der Waals surface area contributed by atoms with Crippen molar-refractivity contribution in [2.75, 3.05) is 25.1 Å². The van der Waals surface area contributed by atoms with Crippen LogP contribution in [0, 0.1) is 17.8 Å². The van der Waals surface area contributed by atoms with Crippen LogP contribution in [0.3, 0.4) is 0 Å². The van der Waals surface area contributed by atoms with E-state index in [1.165, 1.54) is 5.01 Å².